The molecule has 0 heterocycles. The number of carbonyl (C=O) groups excluding carboxylic acids is 1. The third kappa shape index (κ3) is 43.1. The third-order valence-electron chi connectivity index (χ3n) is 11.2. The molecule has 0 bridgehead atoms. The highest BCUT2D eigenvalue weighted by atomic mass is 31.2. The van der Waals surface area contributed by atoms with Gasteiger partial charge in [-0.05, 0) is 32.1 Å². The first-order valence-corrected chi connectivity index (χ1v) is 26.2. The number of likely N-dealkylation sites (N-methyl/N-ethyl adjacent to an activating group) is 1. The minimum Gasteiger partial charge on any atom is -0.387 e. The van der Waals surface area contributed by atoms with Crippen molar-refractivity contribution in [1.29, 1.82) is 0 Å². The van der Waals surface area contributed by atoms with E-state index in [1.165, 1.54) is 167 Å². The van der Waals surface area contributed by atoms with Crippen molar-refractivity contribution in [2.24, 2.45) is 0 Å². The van der Waals surface area contributed by atoms with E-state index < -0.39 is 20.0 Å². The number of hydrogen-bond acceptors (Lipinski definition) is 5. The quantitative estimate of drug-likeness (QED) is 0.0244. The number of rotatable bonds is 45. The molecule has 0 aromatic heterocycles. The predicted molar refractivity (Wildman–Crippen MR) is 249 cm³/mol. The van der Waals surface area contributed by atoms with Crippen LogP contribution in [0.2, 0.25) is 0 Å². The van der Waals surface area contributed by atoms with Crippen molar-refractivity contribution >= 4 is 13.7 Å². The largest absolute Gasteiger partial charge is 0.472 e. The van der Waals surface area contributed by atoms with Gasteiger partial charge in [0.05, 0.1) is 39.9 Å². The zero-order valence-electron chi connectivity index (χ0n) is 39.0. The van der Waals surface area contributed by atoms with Crippen LogP contribution in [0.25, 0.3) is 0 Å². The van der Waals surface area contributed by atoms with E-state index in [1.54, 1.807) is 6.08 Å². The van der Waals surface area contributed by atoms with E-state index >= 15 is 0 Å². The smallest absolute Gasteiger partial charge is 0.387 e. The second-order valence-corrected chi connectivity index (χ2v) is 19.6. The summed E-state index contributed by atoms with van der Waals surface area (Å²) >= 11 is 0. The van der Waals surface area contributed by atoms with Crippen LogP contribution in [0.4, 0.5) is 0 Å². The van der Waals surface area contributed by atoms with Crippen molar-refractivity contribution in [1.82, 2.24) is 5.32 Å². The zero-order valence-corrected chi connectivity index (χ0v) is 39.9. The number of nitrogens with zero attached hydrogens (tertiary/aromatic N) is 1. The highest BCUT2D eigenvalue weighted by molar-refractivity contribution is 7.47. The maximum absolute atomic E-state index is 12.6. The van der Waals surface area contributed by atoms with Crippen LogP contribution in [-0.2, 0) is 18.4 Å². The first-order chi connectivity index (χ1) is 28.0. The van der Waals surface area contributed by atoms with Crippen molar-refractivity contribution in [2.45, 2.75) is 244 Å². The summed E-state index contributed by atoms with van der Waals surface area (Å²) in [5, 5.41) is 13.6. The monoisotopic (exact) mass is 842 g/mol. The van der Waals surface area contributed by atoms with Gasteiger partial charge in [-0.2, -0.15) is 0 Å². The van der Waals surface area contributed by atoms with Gasteiger partial charge in [0.25, 0.3) is 0 Å². The summed E-state index contributed by atoms with van der Waals surface area (Å²) in [4.78, 5) is 22.7. The molecule has 1 amide bonds. The highest BCUT2D eigenvalue weighted by Crippen LogP contribution is 2.43. The Kier molecular flexibility index (Phi) is 40.6. The van der Waals surface area contributed by atoms with Gasteiger partial charge in [0.15, 0.2) is 0 Å². The number of phosphoric acid groups is 1. The van der Waals surface area contributed by atoms with Crippen LogP contribution >= 0.6 is 7.82 Å². The van der Waals surface area contributed by atoms with Crippen molar-refractivity contribution in [3.05, 3.63) is 24.3 Å². The fraction of sp³-hybridized carbons (Fsp3) is 0.898. The van der Waals surface area contributed by atoms with E-state index in [4.69, 9.17) is 9.05 Å². The van der Waals surface area contributed by atoms with Gasteiger partial charge in [0.2, 0.25) is 5.91 Å². The molecule has 8 nitrogen and oxygen atoms in total. The molecule has 58 heavy (non-hydrogen) atoms. The highest BCUT2D eigenvalue weighted by Gasteiger charge is 2.27. The van der Waals surface area contributed by atoms with Gasteiger partial charge in [-0.3, -0.25) is 13.8 Å². The molecule has 0 spiro atoms. The van der Waals surface area contributed by atoms with Crippen molar-refractivity contribution in [3.8, 4) is 0 Å². The van der Waals surface area contributed by atoms with Crippen LogP contribution in [-0.4, -0.2) is 73.4 Å². The number of carbonyl (C=O) groups is 1. The van der Waals surface area contributed by atoms with Crippen LogP contribution in [0.1, 0.15) is 232 Å². The second-order valence-electron chi connectivity index (χ2n) is 18.2. The van der Waals surface area contributed by atoms with E-state index in [9.17, 15) is 19.4 Å². The molecule has 0 aromatic rings. The van der Waals surface area contributed by atoms with E-state index in [1.807, 2.05) is 27.2 Å². The molecule has 0 saturated carbocycles. The number of hydrogen-bond donors (Lipinski definition) is 3. The van der Waals surface area contributed by atoms with Gasteiger partial charge in [-0.15, -0.1) is 0 Å². The summed E-state index contributed by atoms with van der Waals surface area (Å²) in [7, 11) is 1.56. The molecule has 9 heteroatoms. The number of quaternary nitrogens is 1. The fourth-order valence-corrected chi connectivity index (χ4v) is 7.97. The van der Waals surface area contributed by atoms with Gasteiger partial charge in [0.1, 0.15) is 13.2 Å². The Morgan fingerprint density at radius 1 is 0.569 bits per heavy atom. The standard InChI is InChI=1S/C49H97N2O6P/c1-6-8-10-12-13-14-15-16-17-18-19-20-21-22-23-24-25-26-27-28-29-30-31-32-33-34-35-36-37-38-39-40-42-48(52)47(50-49(53)43-41-11-9-7-2)46-57-58(54,55)56-45-44-51(3,4)5/h36-37,40,42,47-48,52H,6-35,38-39,41,43-46H2,1-5H3,(H-,50,53,54,55)/p+1/b37-36+,42-40+. The minimum atomic E-state index is -4.33. The molecule has 0 aromatic carbocycles. The average molecular weight is 842 g/mol. The molecule has 3 unspecified atom stereocenters. The molecule has 0 saturated heterocycles. The summed E-state index contributed by atoms with van der Waals surface area (Å²) in [5.41, 5.74) is 0. The van der Waals surface area contributed by atoms with E-state index in [2.05, 4.69) is 31.3 Å². The molecule has 0 fully saturated rings. The molecular formula is C49H98N2O6P+. The molecule has 0 rings (SSSR count). The summed E-state index contributed by atoms with van der Waals surface area (Å²) < 4.78 is 23.3. The van der Waals surface area contributed by atoms with Crippen LogP contribution in [0, 0.1) is 0 Å². The van der Waals surface area contributed by atoms with Crippen molar-refractivity contribution in [2.75, 3.05) is 40.9 Å². The number of allylic oxidation sites excluding steroid dienone is 3. The van der Waals surface area contributed by atoms with Gasteiger partial charge in [-0.25, -0.2) is 4.57 Å². The lowest BCUT2D eigenvalue weighted by molar-refractivity contribution is -0.870. The average Bonchev–Trinajstić information content (AvgIpc) is 3.17. The van der Waals surface area contributed by atoms with Crippen molar-refractivity contribution in [3.63, 3.8) is 0 Å². The molecule has 0 aliphatic carbocycles. The Morgan fingerprint density at radius 3 is 1.38 bits per heavy atom. The normalized spacial score (nSPS) is 14.4. The number of unbranched alkanes of at least 4 members (excludes halogenated alkanes) is 30. The number of amides is 1. The molecular weight excluding hydrogens is 744 g/mol. The Hall–Kier alpha value is -1.02. The lowest BCUT2D eigenvalue weighted by Gasteiger charge is -2.25. The van der Waals surface area contributed by atoms with Gasteiger partial charge in [0, 0.05) is 6.42 Å². The summed E-state index contributed by atoms with van der Waals surface area (Å²) in [6.45, 7) is 4.68. The Labute approximate surface area is 360 Å². The topological polar surface area (TPSA) is 105 Å². The molecule has 0 aliphatic heterocycles. The van der Waals surface area contributed by atoms with Gasteiger partial charge < -0.3 is 19.8 Å². The Balaban J connectivity index is 3.88. The maximum Gasteiger partial charge on any atom is 0.472 e. The number of aliphatic hydroxyl groups is 1. The molecule has 3 N–H and O–H groups in total. The fourth-order valence-electron chi connectivity index (χ4n) is 7.23. The summed E-state index contributed by atoms with van der Waals surface area (Å²) in [6.07, 6.45) is 50.7. The molecule has 344 valence electrons. The predicted octanol–water partition coefficient (Wildman–Crippen LogP) is 14.1. The molecule has 3 atom stereocenters. The Morgan fingerprint density at radius 2 is 0.948 bits per heavy atom. The minimum absolute atomic E-state index is 0.0570. The SMILES string of the molecule is CCCCCCCCCCCCCCCCCCCCCCCCCCCC/C=C/CC/C=C/C(O)C(COP(=O)(O)OCC[N+](C)(C)C)NC(=O)CCCCCC. The lowest BCUT2D eigenvalue weighted by Crippen LogP contribution is -2.45. The summed E-state index contributed by atoms with van der Waals surface area (Å²) in [6, 6.07) is -0.855. The Bertz CT molecular complexity index is 1000. The van der Waals surface area contributed by atoms with Crippen LogP contribution in [0.3, 0.4) is 0 Å². The van der Waals surface area contributed by atoms with Gasteiger partial charge >= 0.3 is 7.82 Å². The number of aliphatic hydroxyl groups excluding tert-OH is 1. The second kappa shape index (κ2) is 41.3. The lowest BCUT2D eigenvalue weighted by atomic mass is 10.0. The van der Waals surface area contributed by atoms with Crippen LogP contribution in [0.5, 0.6) is 0 Å². The molecule has 0 aliphatic rings. The third-order valence-corrected chi connectivity index (χ3v) is 12.2. The first kappa shape index (κ1) is 57.0. The zero-order chi connectivity index (χ0) is 42.8. The number of phosphoric ester groups is 1. The maximum atomic E-state index is 12.6. The number of nitrogens with one attached hydrogen (secondary N) is 1. The van der Waals surface area contributed by atoms with Gasteiger partial charge in [-0.1, -0.05) is 218 Å². The van der Waals surface area contributed by atoms with Crippen LogP contribution < -0.4 is 5.32 Å². The summed E-state index contributed by atoms with van der Waals surface area (Å²) in [5.74, 6) is -0.204. The van der Waals surface area contributed by atoms with Crippen LogP contribution in [0.15, 0.2) is 24.3 Å². The first-order valence-electron chi connectivity index (χ1n) is 24.7. The van der Waals surface area contributed by atoms with Crippen molar-refractivity contribution < 1.29 is 32.9 Å². The van der Waals surface area contributed by atoms with E-state index in [0.29, 0.717) is 17.4 Å². The van der Waals surface area contributed by atoms with E-state index in [-0.39, 0.29) is 19.1 Å². The molecule has 0 radical (unpaired) electrons. The van der Waals surface area contributed by atoms with E-state index in [0.717, 1.165) is 44.9 Å².